The second-order valence-corrected chi connectivity index (χ2v) is 5.47. The molecule has 1 unspecified atom stereocenters. The van der Waals surface area contributed by atoms with Crippen LogP contribution in [-0.2, 0) is 6.42 Å². The van der Waals surface area contributed by atoms with Gasteiger partial charge in [0.15, 0.2) is 0 Å². The van der Waals surface area contributed by atoms with E-state index in [0.717, 1.165) is 6.42 Å². The average Bonchev–Trinajstić information content (AvgIpc) is 2.84. The normalized spacial score (nSPS) is 12.1. The molecule has 100 valence electrons. The Labute approximate surface area is 115 Å². The van der Waals surface area contributed by atoms with Crippen molar-refractivity contribution in [1.82, 2.24) is 0 Å². The van der Waals surface area contributed by atoms with Crippen LogP contribution in [-0.4, -0.2) is 17.1 Å². The third-order valence-corrected chi connectivity index (χ3v) is 3.69. The molecule has 1 aromatic heterocycles. The van der Waals surface area contributed by atoms with Crippen molar-refractivity contribution in [3.8, 4) is 0 Å². The Morgan fingerprint density at radius 2 is 2.26 bits per heavy atom. The average molecular weight is 276 g/mol. The van der Waals surface area contributed by atoms with Gasteiger partial charge in [-0.3, -0.25) is 0 Å². The van der Waals surface area contributed by atoms with E-state index in [1.54, 1.807) is 23.5 Å². The number of carboxylic acids is 1. The number of benzene rings is 1. The van der Waals surface area contributed by atoms with Gasteiger partial charge in [0.25, 0.3) is 0 Å². The van der Waals surface area contributed by atoms with Gasteiger partial charge in [-0.15, -0.1) is 11.3 Å². The summed E-state index contributed by atoms with van der Waals surface area (Å²) in [4.78, 5) is 12.2. The summed E-state index contributed by atoms with van der Waals surface area (Å²) in [6.07, 6.45) is 0.883. The first-order valence-electron chi connectivity index (χ1n) is 5.98. The van der Waals surface area contributed by atoms with Crippen LogP contribution in [0.25, 0.3) is 0 Å². The minimum Gasteiger partial charge on any atom is -0.478 e. The molecule has 0 radical (unpaired) electrons. The minimum atomic E-state index is -0.950. The van der Waals surface area contributed by atoms with E-state index < -0.39 is 5.97 Å². The van der Waals surface area contributed by atoms with Crippen LogP contribution >= 0.6 is 11.3 Å². The number of hydrogen-bond acceptors (Lipinski definition) is 4. The summed E-state index contributed by atoms with van der Waals surface area (Å²) in [6, 6.07) is 8.98. The molecule has 4 nitrogen and oxygen atoms in total. The first-order chi connectivity index (χ1) is 9.06. The lowest BCUT2D eigenvalue weighted by Gasteiger charge is -2.16. The summed E-state index contributed by atoms with van der Waals surface area (Å²) in [5.74, 6) is -0.950. The van der Waals surface area contributed by atoms with E-state index >= 15 is 0 Å². The molecule has 2 rings (SSSR count). The summed E-state index contributed by atoms with van der Waals surface area (Å²) >= 11 is 1.71. The maximum absolute atomic E-state index is 10.9. The summed E-state index contributed by atoms with van der Waals surface area (Å²) < 4.78 is 0. The maximum Gasteiger partial charge on any atom is 0.335 e. The van der Waals surface area contributed by atoms with Crippen LogP contribution in [0.15, 0.2) is 35.7 Å². The lowest BCUT2D eigenvalue weighted by Crippen LogP contribution is -2.18. The fraction of sp³-hybridized carbons (Fsp3) is 0.214. The number of nitrogen functional groups attached to an aromatic ring is 1. The molecule has 2 aromatic rings. The Balaban J connectivity index is 2.09. The molecule has 0 aliphatic carbocycles. The zero-order chi connectivity index (χ0) is 13.8. The fourth-order valence-electron chi connectivity index (χ4n) is 1.86. The summed E-state index contributed by atoms with van der Waals surface area (Å²) in [6.45, 7) is 2.05. The fourth-order valence-corrected chi connectivity index (χ4v) is 2.70. The van der Waals surface area contributed by atoms with Gasteiger partial charge in [-0.1, -0.05) is 6.07 Å². The van der Waals surface area contributed by atoms with Crippen LogP contribution in [0.4, 0.5) is 11.4 Å². The van der Waals surface area contributed by atoms with Crippen LogP contribution < -0.4 is 11.1 Å². The predicted octanol–water partition coefficient (Wildman–Crippen LogP) is 3.07. The van der Waals surface area contributed by atoms with E-state index in [4.69, 9.17) is 10.8 Å². The van der Waals surface area contributed by atoms with Crippen LogP contribution in [0.1, 0.15) is 22.2 Å². The SMILES string of the molecule is CC(Cc1cccs1)Nc1cc(C(=O)O)ccc1N. The van der Waals surface area contributed by atoms with E-state index in [0.29, 0.717) is 11.4 Å². The number of thiophene rings is 1. The molecule has 4 N–H and O–H groups in total. The second kappa shape index (κ2) is 5.75. The molecule has 0 spiro atoms. The van der Waals surface area contributed by atoms with E-state index in [9.17, 15) is 4.79 Å². The topological polar surface area (TPSA) is 75.3 Å². The summed E-state index contributed by atoms with van der Waals surface area (Å²) in [7, 11) is 0. The molecule has 0 bridgehead atoms. The van der Waals surface area contributed by atoms with Gasteiger partial charge in [0.05, 0.1) is 16.9 Å². The quantitative estimate of drug-likeness (QED) is 0.734. The van der Waals surface area contributed by atoms with Crippen molar-refractivity contribution in [3.05, 3.63) is 46.2 Å². The van der Waals surface area contributed by atoms with Gasteiger partial charge in [0.1, 0.15) is 0 Å². The van der Waals surface area contributed by atoms with E-state index in [1.165, 1.54) is 10.9 Å². The van der Waals surface area contributed by atoms with Crippen molar-refractivity contribution in [2.75, 3.05) is 11.1 Å². The number of aromatic carboxylic acids is 1. The highest BCUT2D eigenvalue weighted by molar-refractivity contribution is 7.09. The van der Waals surface area contributed by atoms with Gasteiger partial charge >= 0.3 is 5.97 Å². The molecule has 1 heterocycles. The zero-order valence-electron chi connectivity index (χ0n) is 10.6. The third kappa shape index (κ3) is 3.48. The Hall–Kier alpha value is -2.01. The van der Waals surface area contributed by atoms with Gasteiger partial charge < -0.3 is 16.2 Å². The number of hydrogen-bond donors (Lipinski definition) is 3. The van der Waals surface area contributed by atoms with Gasteiger partial charge in [0, 0.05) is 17.3 Å². The molecule has 0 amide bonds. The van der Waals surface area contributed by atoms with Crippen molar-refractivity contribution in [2.24, 2.45) is 0 Å². The van der Waals surface area contributed by atoms with Crippen molar-refractivity contribution < 1.29 is 9.90 Å². The maximum atomic E-state index is 10.9. The van der Waals surface area contributed by atoms with Crippen LogP contribution in [0.5, 0.6) is 0 Å². The molecule has 5 heteroatoms. The first kappa shape index (κ1) is 13.4. The van der Waals surface area contributed by atoms with E-state index in [2.05, 4.69) is 11.4 Å². The number of rotatable bonds is 5. The number of carbonyl (C=O) groups is 1. The standard InChI is InChI=1S/C14H16N2O2S/c1-9(7-11-3-2-6-19-11)16-13-8-10(14(17)18)4-5-12(13)15/h2-6,8-9,16H,7,15H2,1H3,(H,17,18). The van der Waals surface area contributed by atoms with Gasteiger partial charge in [-0.05, 0) is 36.6 Å². The van der Waals surface area contributed by atoms with Crippen LogP contribution in [0.3, 0.4) is 0 Å². The number of carboxylic acid groups (broad SMARTS) is 1. The lowest BCUT2D eigenvalue weighted by molar-refractivity contribution is 0.0697. The van der Waals surface area contributed by atoms with Crippen molar-refractivity contribution in [3.63, 3.8) is 0 Å². The molecule has 0 fully saturated rings. The summed E-state index contributed by atoms with van der Waals surface area (Å²) in [5, 5.41) is 14.3. The van der Waals surface area contributed by atoms with Crippen molar-refractivity contribution in [2.45, 2.75) is 19.4 Å². The third-order valence-electron chi connectivity index (χ3n) is 2.79. The van der Waals surface area contributed by atoms with Gasteiger partial charge in [-0.25, -0.2) is 4.79 Å². The molecule has 1 atom stereocenters. The molecular formula is C14H16N2O2S. The number of nitrogens with two attached hydrogens (primary N) is 1. The Bertz CT molecular complexity index is 567. The molecule has 0 saturated carbocycles. The van der Waals surface area contributed by atoms with Gasteiger partial charge in [-0.2, -0.15) is 0 Å². The predicted molar refractivity (Wildman–Crippen MR) is 78.9 cm³/mol. The largest absolute Gasteiger partial charge is 0.478 e. The molecule has 0 aliphatic rings. The number of nitrogens with one attached hydrogen (secondary N) is 1. The van der Waals surface area contributed by atoms with Crippen molar-refractivity contribution in [1.29, 1.82) is 0 Å². The van der Waals surface area contributed by atoms with E-state index in [1.807, 2.05) is 18.4 Å². The second-order valence-electron chi connectivity index (χ2n) is 4.44. The highest BCUT2D eigenvalue weighted by Crippen LogP contribution is 2.22. The smallest absolute Gasteiger partial charge is 0.335 e. The lowest BCUT2D eigenvalue weighted by atomic mass is 10.1. The van der Waals surface area contributed by atoms with Crippen LogP contribution in [0, 0.1) is 0 Å². The zero-order valence-corrected chi connectivity index (χ0v) is 11.4. The van der Waals surface area contributed by atoms with Crippen LogP contribution in [0.2, 0.25) is 0 Å². The Morgan fingerprint density at radius 3 is 2.89 bits per heavy atom. The Morgan fingerprint density at radius 1 is 1.47 bits per heavy atom. The first-order valence-corrected chi connectivity index (χ1v) is 6.86. The highest BCUT2D eigenvalue weighted by atomic mass is 32.1. The monoisotopic (exact) mass is 276 g/mol. The Kier molecular flexibility index (Phi) is 4.06. The minimum absolute atomic E-state index is 0.185. The number of anilines is 2. The summed E-state index contributed by atoms with van der Waals surface area (Å²) in [5.41, 5.74) is 7.32. The van der Waals surface area contributed by atoms with Crippen molar-refractivity contribution >= 4 is 28.7 Å². The molecular weight excluding hydrogens is 260 g/mol. The van der Waals surface area contributed by atoms with E-state index in [-0.39, 0.29) is 11.6 Å². The molecule has 1 aromatic carbocycles. The molecule has 19 heavy (non-hydrogen) atoms. The van der Waals surface area contributed by atoms with Gasteiger partial charge in [0.2, 0.25) is 0 Å². The highest BCUT2D eigenvalue weighted by Gasteiger charge is 2.10. The molecule has 0 aliphatic heterocycles. The molecule has 0 saturated heterocycles.